The molecule has 0 spiro atoms. The molecule has 0 aliphatic carbocycles. The van der Waals surface area contributed by atoms with Gasteiger partial charge in [-0.2, -0.15) is 0 Å². The van der Waals surface area contributed by atoms with Gasteiger partial charge in [-0.15, -0.1) is 0 Å². The van der Waals surface area contributed by atoms with Gasteiger partial charge in [0.1, 0.15) is 11.6 Å². The van der Waals surface area contributed by atoms with Gasteiger partial charge in [0.15, 0.2) is 0 Å². The van der Waals surface area contributed by atoms with Crippen molar-refractivity contribution in [3.63, 3.8) is 0 Å². The minimum Gasteiger partial charge on any atom is -0.355 e. The van der Waals surface area contributed by atoms with Crippen LogP contribution in [-0.2, 0) is 35.4 Å². The van der Waals surface area contributed by atoms with E-state index in [9.17, 15) is 18.4 Å². The van der Waals surface area contributed by atoms with Crippen molar-refractivity contribution >= 4 is 11.8 Å². The van der Waals surface area contributed by atoms with Crippen LogP contribution in [0.3, 0.4) is 0 Å². The molecule has 0 aromatic heterocycles. The molecular formula is C28H29F2N3O2. The molecule has 4 rings (SSSR count). The molecule has 0 radical (unpaired) electrons. The molecule has 1 unspecified atom stereocenters. The third-order valence-electron chi connectivity index (χ3n) is 6.27. The van der Waals surface area contributed by atoms with Crippen molar-refractivity contribution in [2.75, 3.05) is 19.6 Å². The third kappa shape index (κ3) is 6.96. The lowest BCUT2D eigenvalue weighted by Gasteiger charge is -2.35. The molecule has 0 saturated carbocycles. The quantitative estimate of drug-likeness (QED) is 0.497. The summed E-state index contributed by atoms with van der Waals surface area (Å²) in [4.78, 5) is 27.7. The number of fused-ring (bicyclic) bond motifs is 1. The van der Waals surface area contributed by atoms with Gasteiger partial charge in [0.25, 0.3) is 0 Å². The van der Waals surface area contributed by atoms with Gasteiger partial charge in [-0.05, 0) is 65.8 Å². The van der Waals surface area contributed by atoms with Crippen LogP contribution >= 0.6 is 0 Å². The summed E-state index contributed by atoms with van der Waals surface area (Å²) < 4.78 is 26.2. The van der Waals surface area contributed by atoms with Crippen LogP contribution in [0.2, 0.25) is 0 Å². The highest BCUT2D eigenvalue weighted by Gasteiger charge is 2.32. The standard InChI is InChI=1S/C28H29F2N3O2/c29-24-9-5-20(6-10-24)13-15-31-27(34)19-33-18-23-4-2-1-3-22(23)17-26(33)28(35)32-16-14-21-7-11-25(30)12-8-21/h1-12,26H,13-19H2,(H,31,34)(H,32,35). The maximum absolute atomic E-state index is 13.1. The van der Waals surface area contributed by atoms with E-state index in [0.29, 0.717) is 38.9 Å². The predicted molar refractivity (Wildman–Crippen MR) is 131 cm³/mol. The summed E-state index contributed by atoms with van der Waals surface area (Å²) in [6.45, 7) is 1.48. The van der Waals surface area contributed by atoms with Crippen LogP contribution in [0.5, 0.6) is 0 Å². The molecule has 3 aromatic rings. The van der Waals surface area contributed by atoms with Crippen LogP contribution in [0.25, 0.3) is 0 Å². The van der Waals surface area contributed by atoms with Gasteiger partial charge in [-0.1, -0.05) is 48.5 Å². The molecule has 1 aliphatic rings. The molecule has 182 valence electrons. The number of benzene rings is 3. The Morgan fingerprint density at radius 2 is 1.31 bits per heavy atom. The van der Waals surface area contributed by atoms with E-state index in [1.54, 1.807) is 24.3 Å². The minimum atomic E-state index is -0.457. The largest absolute Gasteiger partial charge is 0.355 e. The first-order valence-corrected chi connectivity index (χ1v) is 11.8. The number of hydrogen-bond acceptors (Lipinski definition) is 3. The van der Waals surface area contributed by atoms with Crippen molar-refractivity contribution < 1.29 is 18.4 Å². The smallest absolute Gasteiger partial charge is 0.237 e. The first-order valence-electron chi connectivity index (χ1n) is 11.8. The molecule has 1 heterocycles. The normalized spacial score (nSPS) is 15.3. The number of carbonyl (C=O) groups is 2. The lowest BCUT2D eigenvalue weighted by Crippen LogP contribution is -2.53. The summed E-state index contributed by atoms with van der Waals surface area (Å²) >= 11 is 0. The molecule has 35 heavy (non-hydrogen) atoms. The Balaban J connectivity index is 1.33. The monoisotopic (exact) mass is 477 g/mol. The van der Waals surface area contributed by atoms with Gasteiger partial charge < -0.3 is 10.6 Å². The topological polar surface area (TPSA) is 61.4 Å². The Bertz CT molecular complexity index is 1150. The van der Waals surface area contributed by atoms with Crippen molar-refractivity contribution in [1.29, 1.82) is 0 Å². The van der Waals surface area contributed by atoms with Crippen molar-refractivity contribution in [1.82, 2.24) is 15.5 Å². The number of hydrogen-bond donors (Lipinski definition) is 2. The lowest BCUT2D eigenvalue weighted by atomic mass is 9.93. The fourth-order valence-electron chi connectivity index (χ4n) is 4.34. The van der Waals surface area contributed by atoms with E-state index in [0.717, 1.165) is 22.3 Å². The Kier molecular flexibility index (Phi) is 8.21. The molecule has 7 heteroatoms. The van der Waals surface area contributed by atoms with Gasteiger partial charge >= 0.3 is 0 Å². The first-order chi connectivity index (χ1) is 17.0. The van der Waals surface area contributed by atoms with E-state index in [2.05, 4.69) is 10.6 Å². The fraction of sp³-hybridized carbons (Fsp3) is 0.286. The van der Waals surface area contributed by atoms with Crippen molar-refractivity contribution in [2.45, 2.75) is 31.8 Å². The second-order valence-corrected chi connectivity index (χ2v) is 8.79. The van der Waals surface area contributed by atoms with Gasteiger partial charge in [-0.25, -0.2) is 8.78 Å². The highest BCUT2D eigenvalue weighted by atomic mass is 19.1. The molecule has 2 N–H and O–H groups in total. The van der Waals surface area contributed by atoms with Crippen molar-refractivity contribution in [2.24, 2.45) is 0 Å². The molecule has 1 atom stereocenters. The predicted octanol–water partition coefficient (Wildman–Crippen LogP) is 3.41. The third-order valence-corrected chi connectivity index (χ3v) is 6.27. The fourth-order valence-corrected chi connectivity index (χ4v) is 4.34. The summed E-state index contributed by atoms with van der Waals surface area (Å²) in [5.41, 5.74) is 4.11. The molecule has 2 amide bonds. The zero-order valence-corrected chi connectivity index (χ0v) is 19.5. The second kappa shape index (κ2) is 11.7. The number of nitrogens with zero attached hydrogens (tertiary/aromatic N) is 1. The minimum absolute atomic E-state index is 0.105. The van der Waals surface area contributed by atoms with E-state index >= 15 is 0 Å². The van der Waals surface area contributed by atoms with E-state index in [1.165, 1.54) is 24.3 Å². The van der Waals surface area contributed by atoms with Crippen LogP contribution in [0.4, 0.5) is 8.78 Å². The number of halogens is 2. The summed E-state index contributed by atoms with van der Waals surface area (Å²) in [7, 11) is 0. The first kappa shape index (κ1) is 24.5. The summed E-state index contributed by atoms with van der Waals surface area (Å²) in [5, 5.41) is 5.89. The number of amides is 2. The summed E-state index contributed by atoms with van der Waals surface area (Å²) in [6.07, 6.45) is 1.72. The second-order valence-electron chi connectivity index (χ2n) is 8.79. The number of nitrogens with one attached hydrogen (secondary N) is 2. The van der Waals surface area contributed by atoms with E-state index < -0.39 is 6.04 Å². The zero-order valence-electron chi connectivity index (χ0n) is 19.5. The number of carbonyl (C=O) groups excluding carboxylic acids is 2. The summed E-state index contributed by atoms with van der Waals surface area (Å²) in [5.74, 6) is -0.855. The lowest BCUT2D eigenvalue weighted by molar-refractivity contribution is -0.129. The van der Waals surface area contributed by atoms with Gasteiger partial charge in [-0.3, -0.25) is 14.5 Å². The molecule has 0 fully saturated rings. The van der Waals surface area contributed by atoms with Crippen molar-refractivity contribution in [3.8, 4) is 0 Å². The van der Waals surface area contributed by atoms with Crippen molar-refractivity contribution in [3.05, 3.63) is 107 Å². The molecule has 1 aliphatic heterocycles. The number of rotatable bonds is 9. The van der Waals surface area contributed by atoms with Gasteiger partial charge in [0, 0.05) is 19.6 Å². The summed E-state index contributed by atoms with van der Waals surface area (Å²) in [6, 6.07) is 20.0. The molecule has 0 bridgehead atoms. The van der Waals surface area contributed by atoms with E-state index in [1.807, 2.05) is 29.2 Å². The SMILES string of the molecule is O=C(CN1Cc2ccccc2CC1C(=O)NCCc1ccc(F)cc1)NCCc1ccc(F)cc1. The Morgan fingerprint density at radius 1 is 0.771 bits per heavy atom. The highest BCUT2D eigenvalue weighted by molar-refractivity contribution is 5.84. The highest BCUT2D eigenvalue weighted by Crippen LogP contribution is 2.23. The molecule has 5 nitrogen and oxygen atoms in total. The Hall–Kier alpha value is -3.58. The molecular weight excluding hydrogens is 448 g/mol. The van der Waals surface area contributed by atoms with Crippen LogP contribution < -0.4 is 10.6 Å². The average molecular weight is 478 g/mol. The van der Waals surface area contributed by atoms with Crippen LogP contribution in [0.15, 0.2) is 72.8 Å². The Morgan fingerprint density at radius 3 is 1.91 bits per heavy atom. The van der Waals surface area contributed by atoms with Crippen LogP contribution in [-0.4, -0.2) is 42.4 Å². The van der Waals surface area contributed by atoms with Crippen LogP contribution in [0.1, 0.15) is 22.3 Å². The van der Waals surface area contributed by atoms with E-state index in [-0.39, 0.29) is 30.0 Å². The maximum atomic E-state index is 13.1. The van der Waals surface area contributed by atoms with E-state index in [4.69, 9.17) is 0 Å². The Labute approximate surface area is 204 Å². The maximum Gasteiger partial charge on any atom is 0.237 e. The average Bonchev–Trinajstić information content (AvgIpc) is 2.86. The zero-order chi connectivity index (χ0) is 24.6. The molecule has 0 saturated heterocycles. The van der Waals surface area contributed by atoms with Gasteiger partial charge in [0.2, 0.25) is 11.8 Å². The van der Waals surface area contributed by atoms with Gasteiger partial charge in [0.05, 0.1) is 12.6 Å². The van der Waals surface area contributed by atoms with Crippen LogP contribution in [0, 0.1) is 11.6 Å². The molecule has 3 aromatic carbocycles.